The monoisotopic (exact) mass is 296 g/mol. The van der Waals surface area contributed by atoms with Gasteiger partial charge in [-0.15, -0.1) is 11.3 Å². The molecule has 0 spiro atoms. The first kappa shape index (κ1) is 13.9. The Balaban J connectivity index is 2.25. The molecule has 0 unspecified atom stereocenters. The van der Waals surface area contributed by atoms with Crippen molar-refractivity contribution in [2.75, 3.05) is 17.3 Å². The molecule has 1 heterocycles. The van der Waals surface area contributed by atoms with E-state index in [1.54, 1.807) is 23.5 Å². The molecule has 2 rings (SSSR count). The van der Waals surface area contributed by atoms with E-state index in [1.165, 1.54) is 16.5 Å². The van der Waals surface area contributed by atoms with Crippen LogP contribution >= 0.6 is 11.3 Å². The lowest BCUT2D eigenvalue weighted by molar-refractivity contribution is 0.602. The average Bonchev–Trinajstić information content (AvgIpc) is 2.72. The van der Waals surface area contributed by atoms with Gasteiger partial charge in [0, 0.05) is 17.7 Å². The molecule has 102 valence electrons. The molecule has 0 aliphatic carbocycles. The Labute approximate surface area is 117 Å². The van der Waals surface area contributed by atoms with Crippen LogP contribution in [0.5, 0.6) is 0 Å². The van der Waals surface area contributed by atoms with E-state index in [-0.39, 0.29) is 10.6 Å². The second-order valence-electron chi connectivity index (χ2n) is 4.37. The van der Waals surface area contributed by atoms with E-state index in [0.717, 1.165) is 6.26 Å². The minimum Gasteiger partial charge on any atom is -0.396 e. The lowest BCUT2D eigenvalue weighted by atomic mass is 10.2. The molecule has 0 aliphatic rings. The summed E-state index contributed by atoms with van der Waals surface area (Å²) >= 11 is 1.66. The maximum Gasteiger partial charge on any atom is 0.177 e. The lowest BCUT2D eigenvalue weighted by Crippen LogP contribution is -2.07. The maximum atomic E-state index is 11.6. The highest BCUT2D eigenvalue weighted by molar-refractivity contribution is 7.90. The molecular weight excluding hydrogens is 280 g/mol. The Bertz CT molecular complexity index is 690. The van der Waals surface area contributed by atoms with Crippen LogP contribution in [-0.2, 0) is 16.4 Å². The summed E-state index contributed by atoms with van der Waals surface area (Å²) in [5.74, 6) is 0. The van der Waals surface area contributed by atoms with Gasteiger partial charge in [-0.2, -0.15) is 0 Å². The van der Waals surface area contributed by atoms with Gasteiger partial charge in [-0.3, -0.25) is 0 Å². The first-order valence-electron chi connectivity index (χ1n) is 5.75. The normalized spacial score (nSPS) is 11.5. The minimum absolute atomic E-state index is 0.167. The molecule has 1 aromatic carbocycles. The molecule has 3 N–H and O–H groups in total. The summed E-state index contributed by atoms with van der Waals surface area (Å²) in [7, 11) is -3.30. The maximum absolute atomic E-state index is 11.6. The standard InChI is InChI=1S/C13H16N2O2S2/c1-9-6-7-18-11(9)8-15-10-4-3-5-12(13(10)14)19(2,16)17/h3-7,15H,8,14H2,1-2H3. The van der Waals surface area contributed by atoms with E-state index >= 15 is 0 Å². The van der Waals surface area contributed by atoms with Crippen LogP contribution in [-0.4, -0.2) is 14.7 Å². The second kappa shape index (κ2) is 5.22. The van der Waals surface area contributed by atoms with E-state index in [1.807, 2.05) is 12.3 Å². The van der Waals surface area contributed by atoms with Crippen molar-refractivity contribution in [3.05, 3.63) is 40.1 Å². The Kier molecular flexibility index (Phi) is 3.82. The van der Waals surface area contributed by atoms with Crippen molar-refractivity contribution >= 4 is 32.5 Å². The van der Waals surface area contributed by atoms with E-state index in [0.29, 0.717) is 12.2 Å². The van der Waals surface area contributed by atoms with Crippen LogP contribution < -0.4 is 11.1 Å². The smallest absolute Gasteiger partial charge is 0.177 e. The number of aryl methyl sites for hydroxylation is 1. The van der Waals surface area contributed by atoms with Gasteiger partial charge in [0.05, 0.1) is 16.3 Å². The third-order valence-electron chi connectivity index (χ3n) is 2.87. The van der Waals surface area contributed by atoms with Gasteiger partial charge in [-0.05, 0) is 36.1 Å². The predicted octanol–water partition coefficient (Wildman–Crippen LogP) is 2.65. The molecule has 0 radical (unpaired) electrons. The third-order valence-corrected chi connectivity index (χ3v) is 5.05. The van der Waals surface area contributed by atoms with Gasteiger partial charge < -0.3 is 11.1 Å². The van der Waals surface area contributed by atoms with Crippen molar-refractivity contribution in [1.29, 1.82) is 0 Å². The average molecular weight is 296 g/mol. The predicted molar refractivity (Wildman–Crippen MR) is 80.3 cm³/mol. The first-order chi connectivity index (χ1) is 8.89. The molecule has 4 nitrogen and oxygen atoms in total. The van der Waals surface area contributed by atoms with E-state index in [9.17, 15) is 8.42 Å². The summed E-state index contributed by atoms with van der Waals surface area (Å²) in [5.41, 5.74) is 8.05. The highest BCUT2D eigenvalue weighted by Gasteiger charge is 2.14. The molecule has 0 bridgehead atoms. The topological polar surface area (TPSA) is 72.2 Å². The zero-order valence-electron chi connectivity index (χ0n) is 10.8. The summed E-state index contributed by atoms with van der Waals surface area (Å²) < 4.78 is 23.2. The van der Waals surface area contributed by atoms with E-state index in [2.05, 4.69) is 11.4 Å². The molecule has 0 amide bonds. The Morgan fingerprint density at radius 3 is 2.63 bits per heavy atom. The number of anilines is 2. The largest absolute Gasteiger partial charge is 0.396 e. The van der Waals surface area contributed by atoms with Gasteiger partial charge in [-0.25, -0.2) is 8.42 Å². The van der Waals surface area contributed by atoms with Crippen molar-refractivity contribution < 1.29 is 8.42 Å². The summed E-state index contributed by atoms with van der Waals surface area (Å²) in [5, 5.41) is 5.22. The number of para-hydroxylation sites is 1. The number of nitrogen functional groups attached to an aromatic ring is 1. The van der Waals surface area contributed by atoms with Crippen LogP contribution in [0.1, 0.15) is 10.4 Å². The third kappa shape index (κ3) is 3.08. The Hall–Kier alpha value is -1.53. The van der Waals surface area contributed by atoms with E-state index in [4.69, 9.17) is 5.73 Å². The molecule has 6 heteroatoms. The number of thiophene rings is 1. The van der Waals surface area contributed by atoms with Crippen molar-refractivity contribution in [1.82, 2.24) is 0 Å². The van der Waals surface area contributed by atoms with E-state index < -0.39 is 9.84 Å². The lowest BCUT2D eigenvalue weighted by Gasteiger charge is -2.11. The zero-order chi connectivity index (χ0) is 14.0. The molecule has 0 saturated heterocycles. The Morgan fingerprint density at radius 1 is 1.32 bits per heavy atom. The molecule has 0 saturated carbocycles. The molecule has 0 fully saturated rings. The van der Waals surface area contributed by atoms with Crippen molar-refractivity contribution in [2.45, 2.75) is 18.4 Å². The molecule has 2 aromatic rings. The fourth-order valence-electron chi connectivity index (χ4n) is 1.78. The van der Waals surface area contributed by atoms with Crippen molar-refractivity contribution in [3.8, 4) is 0 Å². The van der Waals surface area contributed by atoms with Crippen LogP contribution in [0.25, 0.3) is 0 Å². The minimum atomic E-state index is -3.30. The fourth-order valence-corrected chi connectivity index (χ4v) is 3.46. The van der Waals surface area contributed by atoms with Gasteiger partial charge in [0.15, 0.2) is 9.84 Å². The van der Waals surface area contributed by atoms with Gasteiger partial charge in [0.2, 0.25) is 0 Å². The highest BCUT2D eigenvalue weighted by Crippen LogP contribution is 2.27. The number of rotatable bonds is 4. The number of sulfone groups is 1. The van der Waals surface area contributed by atoms with Crippen molar-refractivity contribution in [2.24, 2.45) is 0 Å². The number of benzene rings is 1. The zero-order valence-corrected chi connectivity index (χ0v) is 12.4. The summed E-state index contributed by atoms with van der Waals surface area (Å²) in [6.45, 7) is 2.69. The van der Waals surface area contributed by atoms with Gasteiger partial charge in [-0.1, -0.05) is 6.07 Å². The first-order valence-corrected chi connectivity index (χ1v) is 8.52. The number of nitrogens with one attached hydrogen (secondary N) is 1. The highest BCUT2D eigenvalue weighted by atomic mass is 32.2. The number of hydrogen-bond donors (Lipinski definition) is 2. The van der Waals surface area contributed by atoms with Gasteiger partial charge >= 0.3 is 0 Å². The molecular formula is C13H16N2O2S2. The molecule has 0 atom stereocenters. The van der Waals surface area contributed by atoms with Crippen LogP contribution in [0, 0.1) is 6.92 Å². The van der Waals surface area contributed by atoms with Crippen LogP contribution in [0.2, 0.25) is 0 Å². The molecule has 19 heavy (non-hydrogen) atoms. The Morgan fingerprint density at radius 2 is 2.05 bits per heavy atom. The van der Waals surface area contributed by atoms with Crippen LogP contribution in [0.15, 0.2) is 34.5 Å². The van der Waals surface area contributed by atoms with Crippen LogP contribution in [0.4, 0.5) is 11.4 Å². The summed E-state index contributed by atoms with van der Waals surface area (Å²) in [6.07, 6.45) is 1.16. The second-order valence-corrected chi connectivity index (χ2v) is 7.35. The van der Waals surface area contributed by atoms with Gasteiger partial charge in [0.25, 0.3) is 0 Å². The summed E-state index contributed by atoms with van der Waals surface area (Å²) in [4.78, 5) is 1.38. The van der Waals surface area contributed by atoms with Crippen molar-refractivity contribution in [3.63, 3.8) is 0 Å². The molecule has 1 aromatic heterocycles. The molecule has 0 aliphatic heterocycles. The fraction of sp³-hybridized carbons (Fsp3) is 0.231. The SMILES string of the molecule is Cc1ccsc1CNc1cccc(S(C)(=O)=O)c1N. The van der Waals surface area contributed by atoms with Gasteiger partial charge in [0.1, 0.15) is 0 Å². The summed E-state index contributed by atoms with van der Waals surface area (Å²) in [6, 6.07) is 7.05. The number of hydrogen-bond acceptors (Lipinski definition) is 5. The van der Waals surface area contributed by atoms with Crippen LogP contribution in [0.3, 0.4) is 0 Å². The number of nitrogens with two attached hydrogens (primary N) is 1. The quantitative estimate of drug-likeness (QED) is 0.851.